The van der Waals surface area contributed by atoms with Crippen molar-refractivity contribution in [2.24, 2.45) is 5.92 Å². The van der Waals surface area contributed by atoms with Gasteiger partial charge in [-0.3, -0.25) is 4.79 Å². The average molecular weight is 268 g/mol. The molecule has 1 amide bonds. The molecule has 0 saturated carbocycles. The van der Waals surface area contributed by atoms with Crippen LogP contribution < -0.4 is 5.32 Å². The van der Waals surface area contributed by atoms with Gasteiger partial charge < -0.3 is 5.32 Å². The van der Waals surface area contributed by atoms with Crippen LogP contribution in [0.15, 0.2) is 12.4 Å². The predicted octanol–water partition coefficient (Wildman–Crippen LogP) is 2.93. The molecule has 1 N–H and O–H groups in total. The van der Waals surface area contributed by atoms with Crippen LogP contribution in [0, 0.1) is 5.92 Å². The van der Waals surface area contributed by atoms with Gasteiger partial charge in [0.1, 0.15) is 5.01 Å². The van der Waals surface area contributed by atoms with Crippen molar-refractivity contribution in [1.29, 1.82) is 0 Å². The molecule has 2 rings (SSSR count). The standard InChI is InChI=1S/C13H17FN2OS/c1-7-4-5-10-11(6-7)18-13(16-10)9(3)15-12(17)8(2)14/h7,9H,2,4-6H2,1,3H3,(H,15,17). The summed E-state index contributed by atoms with van der Waals surface area (Å²) in [5.41, 5.74) is 1.15. The van der Waals surface area contributed by atoms with E-state index in [1.807, 2.05) is 6.92 Å². The van der Waals surface area contributed by atoms with Crippen molar-refractivity contribution in [2.75, 3.05) is 0 Å². The molecule has 1 aromatic rings. The Kier molecular flexibility index (Phi) is 3.80. The molecule has 0 fully saturated rings. The molecule has 1 aromatic heterocycles. The van der Waals surface area contributed by atoms with E-state index >= 15 is 0 Å². The van der Waals surface area contributed by atoms with Crippen molar-refractivity contribution in [3.05, 3.63) is 28.0 Å². The van der Waals surface area contributed by atoms with E-state index in [1.54, 1.807) is 11.3 Å². The first-order chi connectivity index (χ1) is 8.47. The molecule has 0 saturated heterocycles. The molecule has 3 nitrogen and oxygen atoms in total. The lowest BCUT2D eigenvalue weighted by molar-refractivity contribution is -0.119. The number of hydrogen-bond acceptors (Lipinski definition) is 3. The molecule has 1 heterocycles. The Bertz CT molecular complexity index is 483. The molecule has 0 spiro atoms. The van der Waals surface area contributed by atoms with Crippen molar-refractivity contribution in [1.82, 2.24) is 10.3 Å². The van der Waals surface area contributed by atoms with Gasteiger partial charge in [0.25, 0.3) is 5.91 Å². The highest BCUT2D eigenvalue weighted by molar-refractivity contribution is 7.11. The maximum absolute atomic E-state index is 12.6. The second-order valence-electron chi connectivity index (χ2n) is 4.87. The lowest BCUT2D eigenvalue weighted by Gasteiger charge is -2.15. The summed E-state index contributed by atoms with van der Waals surface area (Å²) in [5, 5.41) is 3.40. The molecule has 2 atom stereocenters. The van der Waals surface area contributed by atoms with Gasteiger partial charge >= 0.3 is 0 Å². The summed E-state index contributed by atoms with van der Waals surface area (Å²) in [6.07, 6.45) is 3.23. The Balaban J connectivity index is 2.10. The SMILES string of the molecule is C=C(F)C(=O)NC(C)c1nc2c(s1)CC(C)CC2. The fourth-order valence-corrected chi connectivity index (χ4v) is 3.36. The van der Waals surface area contributed by atoms with Crippen LogP contribution in [0.3, 0.4) is 0 Å². The third-order valence-electron chi connectivity index (χ3n) is 3.17. The number of aromatic nitrogens is 1. The summed E-state index contributed by atoms with van der Waals surface area (Å²) >= 11 is 1.62. The maximum atomic E-state index is 12.6. The Morgan fingerprint density at radius 3 is 3.06 bits per heavy atom. The van der Waals surface area contributed by atoms with Crippen LogP contribution in [-0.4, -0.2) is 10.9 Å². The van der Waals surface area contributed by atoms with Gasteiger partial charge in [0.05, 0.1) is 11.7 Å². The largest absolute Gasteiger partial charge is 0.341 e. The van der Waals surface area contributed by atoms with Gasteiger partial charge in [-0.1, -0.05) is 13.5 Å². The van der Waals surface area contributed by atoms with Gasteiger partial charge in [0.2, 0.25) is 0 Å². The summed E-state index contributed by atoms with van der Waals surface area (Å²) < 4.78 is 12.6. The zero-order chi connectivity index (χ0) is 13.3. The van der Waals surface area contributed by atoms with Gasteiger partial charge in [0.15, 0.2) is 5.83 Å². The normalized spacial score (nSPS) is 20.1. The number of rotatable bonds is 3. The van der Waals surface area contributed by atoms with Crippen LogP contribution >= 0.6 is 11.3 Å². The highest BCUT2D eigenvalue weighted by atomic mass is 32.1. The van der Waals surface area contributed by atoms with E-state index in [2.05, 4.69) is 23.8 Å². The molecule has 1 aliphatic rings. The van der Waals surface area contributed by atoms with E-state index in [1.165, 1.54) is 4.88 Å². The summed E-state index contributed by atoms with van der Waals surface area (Å²) in [6.45, 7) is 7.03. The number of amides is 1. The van der Waals surface area contributed by atoms with Crippen molar-refractivity contribution in [3.63, 3.8) is 0 Å². The number of carbonyl (C=O) groups excluding carboxylic acids is 1. The maximum Gasteiger partial charge on any atom is 0.279 e. The Morgan fingerprint density at radius 1 is 1.67 bits per heavy atom. The second-order valence-corrected chi connectivity index (χ2v) is 5.99. The number of aryl methyl sites for hydroxylation is 1. The van der Waals surface area contributed by atoms with E-state index in [0.29, 0.717) is 5.92 Å². The minimum atomic E-state index is -0.961. The van der Waals surface area contributed by atoms with Crippen LogP contribution in [0.5, 0.6) is 0 Å². The van der Waals surface area contributed by atoms with Gasteiger partial charge in [-0.15, -0.1) is 11.3 Å². The van der Waals surface area contributed by atoms with Crippen molar-refractivity contribution in [3.8, 4) is 0 Å². The van der Waals surface area contributed by atoms with Gasteiger partial charge in [0, 0.05) is 4.88 Å². The van der Waals surface area contributed by atoms with E-state index in [4.69, 9.17) is 0 Å². The number of carbonyl (C=O) groups is 1. The van der Waals surface area contributed by atoms with E-state index in [-0.39, 0.29) is 6.04 Å². The number of hydrogen-bond donors (Lipinski definition) is 1. The third kappa shape index (κ3) is 2.77. The van der Waals surface area contributed by atoms with Gasteiger partial charge in [-0.2, -0.15) is 0 Å². The summed E-state index contributed by atoms with van der Waals surface area (Å²) in [4.78, 5) is 17.1. The third-order valence-corrected chi connectivity index (χ3v) is 4.47. The van der Waals surface area contributed by atoms with E-state index in [9.17, 15) is 9.18 Å². The van der Waals surface area contributed by atoms with Crippen molar-refractivity contribution in [2.45, 2.75) is 39.2 Å². The average Bonchev–Trinajstić information content (AvgIpc) is 2.71. The quantitative estimate of drug-likeness (QED) is 0.856. The summed E-state index contributed by atoms with van der Waals surface area (Å²) in [7, 11) is 0. The number of halogens is 1. The van der Waals surface area contributed by atoms with Gasteiger partial charge in [-0.25, -0.2) is 9.37 Å². The van der Waals surface area contributed by atoms with Gasteiger partial charge in [-0.05, 0) is 32.1 Å². The molecule has 1 aliphatic carbocycles. The molecule has 0 radical (unpaired) electrons. The second kappa shape index (κ2) is 5.18. The summed E-state index contributed by atoms with van der Waals surface area (Å²) in [5.74, 6) is -1.03. The predicted molar refractivity (Wildman–Crippen MR) is 70.1 cm³/mol. The Morgan fingerprint density at radius 2 is 2.39 bits per heavy atom. The lowest BCUT2D eigenvalue weighted by Crippen LogP contribution is -2.26. The van der Waals surface area contributed by atoms with Crippen LogP contribution in [-0.2, 0) is 17.6 Å². The lowest BCUT2D eigenvalue weighted by atomic mass is 9.93. The molecule has 0 aliphatic heterocycles. The smallest absolute Gasteiger partial charge is 0.279 e. The fraction of sp³-hybridized carbons (Fsp3) is 0.538. The summed E-state index contributed by atoms with van der Waals surface area (Å²) in [6, 6.07) is -0.268. The minimum Gasteiger partial charge on any atom is -0.341 e. The zero-order valence-electron chi connectivity index (χ0n) is 10.6. The first-order valence-corrected chi connectivity index (χ1v) is 6.92. The number of fused-ring (bicyclic) bond motifs is 1. The van der Waals surface area contributed by atoms with Crippen molar-refractivity contribution >= 4 is 17.2 Å². The van der Waals surface area contributed by atoms with Crippen molar-refractivity contribution < 1.29 is 9.18 Å². The number of nitrogens with zero attached hydrogens (tertiary/aromatic N) is 1. The van der Waals surface area contributed by atoms with Crippen LogP contribution in [0.25, 0.3) is 0 Å². The Hall–Kier alpha value is -1.23. The molecule has 18 heavy (non-hydrogen) atoms. The first kappa shape index (κ1) is 13.2. The highest BCUT2D eigenvalue weighted by Crippen LogP contribution is 2.32. The van der Waals surface area contributed by atoms with Crippen LogP contribution in [0.2, 0.25) is 0 Å². The molecule has 5 heteroatoms. The molecule has 98 valence electrons. The topological polar surface area (TPSA) is 42.0 Å². The number of nitrogens with one attached hydrogen (secondary N) is 1. The van der Waals surface area contributed by atoms with Crippen LogP contribution in [0.1, 0.15) is 41.9 Å². The van der Waals surface area contributed by atoms with E-state index in [0.717, 1.165) is 30.0 Å². The highest BCUT2D eigenvalue weighted by Gasteiger charge is 2.22. The molecule has 0 bridgehead atoms. The number of thiazole rings is 1. The first-order valence-electron chi connectivity index (χ1n) is 6.11. The fourth-order valence-electron chi connectivity index (χ4n) is 2.08. The molecular formula is C13H17FN2OS. The zero-order valence-corrected chi connectivity index (χ0v) is 11.4. The minimum absolute atomic E-state index is 0.268. The molecule has 0 aromatic carbocycles. The van der Waals surface area contributed by atoms with E-state index < -0.39 is 11.7 Å². The monoisotopic (exact) mass is 268 g/mol. The van der Waals surface area contributed by atoms with Crippen LogP contribution in [0.4, 0.5) is 4.39 Å². The molecule has 2 unspecified atom stereocenters. The Labute approximate surface area is 110 Å². The molecular weight excluding hydrogens is 251 g/mol.